The number of hydrogen-bond acceptors (Lipinski definition) is 5. The van der Waals surface area contributed by atoms with Gasteiger partial charge in [-0.3, -0.25) is 14.4 Å². The third-order valence-electron chi connectivity index (χ3n) is 9.86. The predicted octanol–water partition coefficient (Wildman–Crippen LogP) is 6.45. The Balaban J connectivity index is 1.47. The molecule has 0 radical (unpaired) electrons. The molecule has 0 saturated carbocycles. The van der Waals surface area contributed by atoms with Crippen molar-refractivity contribution in [3.63, 3.8) is 0 Å². The number of hydrogen-bond donors (Lipinski definition) is 1. The van der Waals surface area contributed by atoms with Gasteiger partial charge >= 0.3 is 0 Å². The van der Waals surface area contributed by atoms with Gasteiger partial charge in [-0.15, -0.1) is 24.9 Å². The Labute approximate surface area is 289 Å². The van der Waals surface area contributed by atoms with E-state index in [1.54, 1.807) is 38.6 Å². The number of anilines is 2. The highest BCUT2D eigenvalue weighted by Gasteiger charge is 2.76. The first kappa shape index (κ1) is 33.5. The minimum atomic E-state index is -0.875. The summed E-state index contributed by atoms with van der Waals surface area (Å²) >= 11 is 5.51. The van der Waals surface area contributed by atoms with Gasteiger partial charge in [-0.05, 0) is 53.8 Å². The second-order valence-electron chi connectivity index (χ2n) is 13.2. The van der Waals surface area contributed by atoms with Gasteiger partial charge in [-0.1, -0.05) is 90.5 Å². The Kier molecular flexibility index (Phi) is 9.70. The maximum Gasteiger partial charge on any atom is 0.251 e. The Morgan fingerprint density at radius 3 is 2.26 bits per heavy atom. The predicted molar refractivity (Wildman–Crippen MR) is 195 cm³/mol. The third-order valence-corrected chi connectivity index (χ3v) is 13.1. The van der Waals surface area contributed by atoms with Crippen LogP contribution in [0.1, 0.15) is 26.7 Å². The van der Waals surface area contributed by atoms with E-state index in [1.807, 2.05) is 86.6 Å². The maximum atomic E-state index is 15.2. The number of benzene rings is 3. The van der Waals surface area contributed by atoms with E-state index in [4.69, 9.17) is 0 Å². The smallest absolute Gasteiger partial charge is 0.251 e. The molecule has 2 bridgehead atoms. The lowest BCUT2D eigenvalue weighted by Gasteiger charge is -2.40. The van der Waals surface area contributed by atoms with Gasteiger partial charge in [0, 0.05) is 34.5 Å². The van der Waals surface area contributed by atoms with Crippen molar-refractivity contribution in [3.05, 3.63) is 98.1 Å². The summed E-state index contributed by atoms with van der Waals surface area (Å²) in [5.41, 5.74) is 1.45. The van der Waals surface area contributed by atoms with E-state index in [2.05, 4.69) is 29.1 Å². The van der Waals surface area contributed by atoms with E-state index in [9.17, 15) is 14.7 Å². The number of carbonyl (C=O) groups is 3. The molecule has 3 aliphatic rings. The average molecular weight is 717 g/mol. The maximum absolute atomic E-state index is 15.2. The summed E-state index contributed by atoms with van der Waals surface area (Å²) in [6, 6.07) is 21.9. The Hall–Kier alpha value is -3.40. The fourth-order valence-corrected chi connectivity index (χ4v) is 11.6. The van der Waals surface area contributed by atoms with Crippen LogP contribution in [0.5, 0.6) is 0 Å². The van der Waals surface area contributed by atoms with Crippen LogP contribution in [-0.4, -0.2) is 74.3 Å². The lowest BCUT2D eigenvalue weighted by Crippen LogP contribution is -2.58. The summed E-state index contributed by atoms with van der Waals surface area (Å²) in [5, 5.41) is 12.6. The SMILES string of the molecule is C=CCN(C(=O)C1N([C@@H](CO)CC(C)C)C(=O)[C@@H]2[C@@H](C(=O)N(CC=C)c3ccccc3)[C@@H]3SC12CC3Br)c1ccc2ccccc2c1. The lowest BCUT2D eigenvalue weighted by atomic mass is 9.70. The monoisotopic (exact) mass is 715 g/mol. The number of fused-ring (bicyclic) bond motifs is 2. The normalized spacial score (nSPS) is 26.8. The van der Waals surface area contributed by atoms with Gasteiger partial charge < -0.3 is 19.8 Å². The van der Waals surface area contributed by atoms with Crippen LogP contribution < -0.4 is 9.80 Å². The molecule has 3 aliphatic heterocycles. The highest BCUT2D eigenvalue weighted by atomic mass is 79.9. The van der Waals surface area contributed by atoms with Crippen LogP contribution >= 0.6 is 27.7 Å². The molecule has 9 heteroatoms. The largest absolute Gasteiger partial charge is 0.394 e. The van der Waals surface area contributed by atoms with Gasteiger partial charge in [0.05, 0.1) is 29.2 Å². The molecule has 47 heavy (non-hydrogen) atoms. The van der Waals surface area contributed by atoms with Crippen molar-refractivity contribution in [1.82, 2.24) is 4.90 Å². The molecular formula is C38H42BrN3O4S. The molecule has 7 nitrogen and oxygen atoms in total. The number of alkyl halides is 1. The van der Waals surface area contributed by atoms with Crippen molar-refractivity contribution >= 4 is 67.6 Å². The van der Waals surface area contributed by atoms with Gasteiger partial charge in [0.15, 0.2) is 0 Å². The molecule has 246 valence electrons. The average Bonchev–Trinajstić information content (AvgIpc) is 3.67. The zero-order valence-corrected chi connectivity index (χ0v) is 29.3. The Bertz CT molecular complexity index is 1680. The van der Waals surface area contributed by atoms with Crippen molar-refractivity contribution in [1.29, 1.82) is 0 Å². The second-order valence-corrected chi connectivity index (χ2v) is 15.9. The molecule has 3 fully saturated rings. The fraction of sp³-hybridized carbons (Fsp3) is 0.395. The minimum Gasteiger partial charge on any atom is -0.394 e. The van der Waals surface area contributed by atoms with Gasteiger partial charge in [-0.25, -0.2) is 0 Å². The van der Waals surface area contributed by atoms with Crippen molar-refractivity contribution in [2.45, 2.75) is 53.6 Å². The molecule has 1 spiro atoms. The molecule has 3 aromatic carbocycles. The molecule has 7 atom stereocenters. The van der Waals surface area contributed by atoms with Crippen LogP contribution in [0.15, 0.2) is 98.1 Å². The van der Waals surface area contributed by atoms with Crippen LogP contribution in [0, 0.1) is 17.8 Å². The van der Waals surface area contributed by atoms with E-state index in [-0.39, 0.29) is 46.9 Å². The number of para-hydroxylation sites is 1. The second kappa shape index (κ2) is 13.6. The highest BCUT2D eigenvalue weighted by molar-refractivity contribution is 9.09. The molecule has 0 aromatic heterocycles. The van der Waals surface area contributed by atoms with E-state index < -0.39 is 28.7 Å². The van der Waals surface area contributed by atoms with Gasteiger partial charge in [0.25, 0.3) is 5.91 Å². The molecule has 0 aliphatic carbocycles. The summed E-state index contributed by atoms with van der Waals surface area (Å²) in [4.78, 5) is 49.7. The zero-order valence-electron chi connectivity index (χ0n) is 26.9. The van der Waals surface area contributed by atoms with Crippen LogP contribution in [-0.2, 0) is 14.4 Å². The highest BCUT2D eigenvalue weighted by Crippen LogP contribution is 2.68. The molecule has 3 aromatic rings. The summed E-state index contributed by atoms with van der Waals surface area (Å²) in [6.07, 6.45) is 4.49. The number of amides is 3. The standard InChI is InChI=1S/C38H42BrN3O4S/c1-5-18-40(27-14-8-7-9-15-27)35(44)31-32-36(45)42(29(23-43)20-24(3)4)34(38(32)22-30(39)33(31)47-38)37(46)41(19-6-2)28-17-16-25-12-10-11-13-26(25)21-28/h5-17,21,24,29-34,43H,1-2,18-20,22-23H2,3-4H3/t29-,30?,31-,32+,33-,34?,38?/m1/s1. The number of nitrogens with zero attached hydrogens (tertiary/aromatic N) is 3. The molecular weight excluding hydrogens is 674 g/mol. The summed E-state index contributed by atoms with van der Waals surface area (Å²) in [6.45, 7) is 12.2. The number of halogens is 1. The van der Waals surface area contributed by atoms with Crippen molar-refractivity contribution < 1.29 is 19.5 Å². The first-order chi connectivity index (χ1) is 22.7. The number of rotatable bonds is 12. The van der Waals surface area contributed by atoms with E-state index in [0.29, 0.717) is 25.1 Å². The zero-order chi connectivity index (χ0) is 33.5. The lowest BCUT2D eigenvalue weighted by molar-refractivity contribution is -0.142. The third kappa shape index (κ3) is 5.74. The topological polar surface area (TPSA) is 81.2 Å². The molecule has 3 saturated heterocycles. The van der Waals surface area contributed by atoms with Gasteiger partial charge in [0.1, 0.15) is 6.04 Å². The van der Waals surface area contributed by atoms with Gasteiger partial charge in [-0.2, -0.15) is 0 Å². The number of likely N-dealkylation sites (tertiary alicyclic amines) is 1. The number of carbonyl (C=O) groups excluding carboxylic acids is 3. The van der Waals surface area contributed by atoms with Crippen molar-refractivity contribution in [3.8, 4) is 0 Å². The van der Waals surface area contributed by atoms with Crippen LogP contribution in [0.2, 0.25) is 0 Å². The molecule has 3 unspecified atom stereocenters. The number of aliphatic hydroxyl groups excluding tert-OH is 1. The Morgan fingerprint density at radius 2 is 1.62 bits per heavy atom. The molecule has 1 N–H and O–H groups in total. The van der Waals surface area contributed by atoms with Crippen LogP contribution in [0.4, 0.5) is 11.4 Å². The van der Waals surface area contributed by atoms with E-state index in [1.165, 1.54) is 0 Å². The molecule has 6 rings (SSSR count). The first-order valence-corrected chi connectivity index (χ1v) is 18.1. The summed E-state index contributed by atoms with van der Waals surface area (Å²) in [7, 11) is 0. The van der Waals surface area contributed by atoms with Crippen LogP contribution in [0.25, 0.3) is 10.8 Å². The quantitative estimate of drug-likeness (QED) is 0.172. The molecule has 3 heterocycles. The van der Waals surface area contributed by atoms with E-state index in [0.717, 1.165) is 16.5 Å². The fourth-order valence-electron chi connectivity index (χ4n) is 8.03. The number of thioether (sulfide) groups is 1. The summed E-state index contributed by atoms with van der Waals surface area (Å²) < 4.78 is -0.857. The van der Waals surface area contributed by atoms with Gasteiger partial charge in [0.2, 0.25) is 11.8 Å². The molecule has 3 amide bonds. The minimum absolute atomic E-state index is 0.0756. The number of aliphatic hydroxyl groups is 1. The van der Waals surface area contributed by atoms with E-state index >= 15 is 4.79 Å². The summed E-state index contributed by atoms with van der Waals surface area (Å²) in [5.74, 6) is -1.78. The van der Waals surface area contributed by atoms with Crippen molar-refractivity contribution in [2.24, 2.45) is 17.8 Å². The van der Waals surface area contributed by atoms with Crippen molar-refractivity contribution in [2.75, 3.05) is 29.5 Å². The first-order valence-electron chi connectivity index (χ1n) is 16.3. The van der Waals surface area contributed by atoms with Crippen LogP contribution in [0.3, 0.4) is 0 Å². The Morgan fingerprint density at radius 1 is 0.979 bits per heavy atom.